The number of nitro groups is 2. The van der Waals surface area contributed by atoms with E-state index in [4.69, 9.17) is 4.74 Å². The molecule has 0 aliphatic carbocycles. The lowest BCUT2D eigenvalue weighted by Crippen LogP contribution is -2.24. The van der Waals surface area contributed by atoms with Gasteiger partial charge in [0.05, 0.1) is 27.0 Å². The lowest BCUT2D eigenvalue weighted by atomic mass is 10.1. The van der Waals surface area contributed by atoms with Gasteiger partial charge >= 0.3 is 5.97 Å². The van der Waals surface area contributed by atoms with Gasteiger partial charge in [-0.3, -0.25) is 34.7 Å². The summed E-state index contributed by atoms with van der Waals surface area (Å²) < 4.78 is 4.97. The molecule has 2 aromatic carbocycles. The molecule has 0 atom stereocenters. The van der Waals surface area contributed by atoms with Gasteiger partial charge in [0.15, 0.2) is 0 Å². The van der Waals surface area contributed by atoms with E-state index in [2.05, 4.69) is 0 Å². The monoisotopic (exact) mass is 411 g/mol. The summed E-state index contributed by atoms with van der Waals surface area (Å²) in [6.07, 6.45) is 2.44. The van der Waals surface area contributed by atoms with E-state index in [1.807, 2.05) is 0 Å². The molecular weight excluding hydrogens is 398 g/mol. The predicted molar refractivity (Wildman–Crippen MR) is 101 cm³/mol. The average Bonchev–Trinajstić information content (AvgIpc) is 2.94. The first-order valence-electron chi connectivity index (χ1n) is 8.41. The molecule has 2 aromatic rings. The van der Waals surface area contributed by atoms with Gasteiger partial charge in [-0.25, -0.2) is 4.79 Å². The summed E-state index contributed by atoms with van der Waals surface area (Å²) in [5.41, 5.74) is 0.0770. The molecule has 11 nitrogen and oxygen atoms in total. The van der Waals surface area contributed by atoms with Gasteiger partial charge in [0, 0.05) is 30.8 Å². The molecule has 30 heavy (non-hydrogen) atoms. The van der Waals surface area contributed by atoms with Crippen LogP contribution in [0.15, 0.2) is 42.5 Å². The summed E-state index contributed by atoms with van der Waals surface area (Å²) in [5.74, 6) is -1.65. The van der Waals surface area contributed by atoms with E-state index in [0.29, 0.717) is 5.56 Å². The molecule has 0 radical (unpaired) electrons. The van der Waals surface area contributed by atoms with Gasteiger partial charge < -0.3 is 4.74 Å². The highest BCUT2D eigenvalue weighted by Crippen LogP contribution is 2.24. The zero-order valence-electron chi connectivity index (χ0n) is 15.4. The third-order valence-electron chi connectivity index (χ3n) is 4.29. The molecule has 0 saturated carbocycles. The predicted octanol–water partition coefficient (Wildman–Crippen LogP) is 2.49. The normalized spacial score (nSPS) is 12.9. The molecule has 0 bridgehead atoms. The maximum absolute atomic E-state index is 12.0. The van der Waals surface area contributed by atoms with Crippen LogP contribution in [0.3, 0.4) is 0 Å². The molecule has 11 heteroatoms. The van der Waals surface area contributed by atoms with Crippen LogP contribution >= 0.6 is 0 Å². The van der Waals surface area contributed by atoms with Crippen molar-refractivity contribution in [1.29, 1.82) is 0 Å². The summed E-state index contributed by atoms with van der Waals surface area (Å²) >= 11 is 0. The number of hydrogen-bond acceptors (Lipinski definition) is 8. The Morgan fingerprint density at radius 2 is 1.60 bits per heavy atom. The molecule has 2 amide bonds. The summed E-state index contributed by atoms with van der Waals surface area (Å²) in [4.78, 5) is 57.0. The molecule has 1 aliphatic rings. The number of amides is 2. The number of nitrogens with zero attached hydrogens (tertiary/aromatic N) is 3. The van der Waals surface area contributed by atoms with Crippen molar-refractivity contribution in [3.05, 3.63) is 85.0 Å². The SMILES string of the molecule is CN1C(=O)c2ccc(/C=C/C(=O)OCc3cc([N+](=O)[O-])cc([N+](=O)[O-])c3)cc2C1=O. The fourth-order valence-electron chi connectivity index (χ4n) is 2.80. The molecule has 0 unspecified atom stereocenters. The number of fused-ring (bicyclic) bond motifs is 1. The number of rotatable bonds is 6. The van der Waals surface area contributed by atoms with Crippen molar-refractivity contribution in [3.63, 3.8) is 0 Å². The van der Waals surface area contributed by atoms with E-state index < -0.39 is 45.6 Å². The van der Waals surface area contributed by atoms with Crippen LogP contribution in [-0.2, 0) is 16.1 Å². The Kier molecular flexibility index (Phi) is 5.36. The minimum absolute atomic E-state index is 0.0855. The third kappa shape index (κ3) is 4.04. The molecule has 0 N–H and O–H groups in total. The number of benzene rings is 2. The van der Waals surface area contributed by atoms with Gasteiger partial charge in [0.2, 0.25) is 0 Å². The molecule has 0 fully saturated rings. The Balaban J connectivity index is 1.69. The highest BCUT2D eigenvalue weighted by atomic mass is 16.6. The number of imide groups is 1. The average molecular weight is 411 g/mol. The van der Waals surface area contributed by atoms with E-state index in [9.17, 15) is 34.6 Å². The van der Waals surface area contributed by atoms with Crippen LogP contribution in [0, 0.1) is 20.2 Å². The van der Waals surface area contributed by atoms with Crippen LogP contribution in [0.1, 0.15) is 31.8 Å². The van der Waals surface area contributed by atoms with E-state index in [1.165, 1.54) is 25.3 Å². The van der Waals surface area contributed by atoms with Crippen LogP contribution in [0.2, 0.25) is 0 Å². The second kappa shape index (κ2) is 7.91. The van der Waals surface area contributed by atoms with Gasteiger partial charge in [-0.1, -0.05) is 6.07 Å². The van der Waals surface area contributed by atoms with E-state index in [-0.39, 0.29) is 16.7 Å². The zero-order chi connectivity index (χ0) is 22.0. The summed E-state index contributed by atoms with van der Waals surface area (Å²) in [5, 5.41) is 21.8. The number of esters is 1. The molecular formula is C19H13N3O8. The number of nitro benzene ring substituents is 2. The van der Waals surface area contributed by atoms with Crippen LogP contribution in [0.5, 0.6) is 0 Å². The number of ether oxygens (including phenoxy) is 1. The van der Waals surface area contributed by atoms with Gasteiger partial charge in [-0.05, 0) is 23.8 Å². The number of carbonyl (C=O) groups is 3. The number of non-ortho nitro benzene ring substituents is 2. The van der Waals surface area contributed by atoms with Crippen molar-refractivity contribution in [1.82, 2.24) is 4.90 Å². The van der Waals surface area contributed by atoms with Crippen LogP contribution in [-0.4, -0.2) is 39.6 Å². The quantitative estimate of drug-likeness (QED) is 0.231. The van der Waals surface area contributed by atoms with Crippen molar-refractivity contribution in [2.45, 2.75) is 6.61 Å². The first-order chi connectivity index (χ1) is 14.2. The van der Waals surface area contributed by atoms with Gasteiger partial charge in [0.1, 0.15) is 6.61 Å². The maximum atomic E-state index is 12.0. The summed E-state index contributed by atoms with van der Waals surface area (Å²) in [6, 6.07) is 7.45. The van der Waals surface area contributed by atoms with E-state index >= 15 is 0 Å². The van der Waals surface area contributed by atoms with Gasteiger partial charge in [-0.15, -0.1) is 0 Å². The third-order valence-corrected chi connectivity index (χ3v) is 4.29. The zero-order valence-corrected chi connectivity index (χ0v) is 15.4. The molecule has 0 saturated heterocycles. The minimum Gasteiger partial charge on any atom is -0.458 e. The van der Waals surface area contributed by atoms with Crippen molar-refractivity contribution < 1.29 is 29.0 Å². The van der Waals surface area contributed by atoms with Crippen molar-refractivity contribution in [2.24, 2.45) is 0 Å². The Hall–Kier alpha value is -4.41. The second-order valence-electron chi connectivity index (χ2n) is 6.29. The van der Waals surface area contributed by atoms with Gasteiger partial charge in [0.25, 0.3) is 23.2 Å². The Morgan fingerprint density at radius 1 is 1.00 bits per heavy atom. The highest BCUT2D eigenvalue weighted by Gasteiger charge is 2.32. The topological polar surface area (TPSA) is 150 Å². The molecule has 1 aliphatic heterocycles. The highest BCUT2D eigenvalue weighted by molar-refractivity contribution is 6.21. The lowest BCUT2D eigenvalue weighted by molar-refractivity contribution is -0.394. The Labute approximate surface area is 168 Å². The van der Waals surface area contributed by atoms with Crippen molar-refractivity contribution in [2.75, 3.05) is 7.05 Å². The standard InChI is InChI=1S/C19H13N3O8/c1-20-18(24)15-4-2-11(8-16(15)19(20)25)3-5-17(23)30-10-12-6-13(21(26)27)9-14(7-12)22(28)29/h2-9H,10H2,1H3/b5-3+. The maximum Gasteiger partial charge on any atom is 0.331 e. The van der Waals surface area contributed by atoms with E-state index in [1.54, 1.807) is 6.07 Å². The van der Waals surface area contributed by atoms with Crippen molar-refractivity contribution in [3.8, 4) is 0 Å². The van der Waals surface area contributed by atoms with Crippen LogP contribution in [0.4, 0.5) is 11.4 Å². The first-order valence-corrected chi connectivity index (χ1v) is 8.41. The number of carbonyl (C=O) groups excluding carboxylic acids is 3. The Morgan fingerprint density at radius 3 is 2.20 bits per heavy atom. The van der Waals surface area contributed by atoms with Crippen LogP contribution in [0.25, 0.3) is 6.08 Å². The summed E-state index contributed by atoms with van der Waals surface area (Å²) in [6.45, 7) is -0.409. The molecule has 152 valence electrons. The second-order valence-corrected chi connectivity index (χ2v) is 6.29. The molecule has 0 spiro atoms. The Bertz CT molecular complexity index is 1110. The smallest absolute Gasteiger partial charge is 0.331 e. The molecule has 0 aromatic heterocycles. The van der Waals surface area contributed by atoms with E-state index in [0.717, 1.165) is 29.2 Å². The summed E-state index contributed by atoms with van der Waals surface area (Å²) in [7, 11) is 1.37. The largest absolute Gasteiger partial charge is 0.458 e. The number of hydrogen-bond donors (Lipinski definition) is 0. The first kappa shape index (κ1) is 20.3. The minimum atomic E-state index is -0.802. The van der Waals surface area contributed by atoms with Crippen molar-refractivity contribution >= 4 is 35.2 Å². The van der Waals surface area contributed by atoms with Gasteiger partial charge in [-0.2, -0.15) is 0 Å². The fourth-order valence-corrected chi connectivity index (χ4v) is 2.80. The fraction of sp³-hybridized carbons (Fsp3) is 0.105. The molecule has 1 heterocycles. The van der Waals surface area contributed by atoms with Crippen LogP contribution < -0.4 is 0 Å². The molecule has 3 rings (SSSR count). The lowest BCUT2D eigenvalue weighted by Gasteiger charge is -2.03.